The molecular weight excluding hydrogens is 530 g/mol. The number of amides is 2. The summed E-state index contributed by atoms with van der Waals surface area (Å²) >= 11 is 0. The van der Waals surface area contributed by atoms with Crippen LogP contribution in [0.15, 0.2) is 66.7 Å². The van der Waals surface area contributed by atoms with Crippen molar-refractivity contribution in [3.8, 4) is 29.4 Å². The van der Waals surface area contributed by atoms with E-state index in [9.17, 15) is 10.1 Å². The van der Waals surface area contributed by atoms with E-state index in [2.05, 4.69) is 22.4 Å². The molecule has 3 atom stereocenters. The lowest BCUT2D eigenvalue weighted by Gasteiger charge is -2.41. The van der Waals surface area contributed by atoms with Crippen LogP contribution in [-0.2, 0) is 0 Å². The molecule has 2 aliphatic rings. The molecule has 216 valence electrons. The van der Waals surface area contributed by atoms with Crippen molar-refractivity contribution < 1.29 is 19.0 Å². The van der Waals surface area contributed by atoms with Crippen molar-refractivity contribution >= 4 is 11.7 Å². The number of nitrogens with zero attached hydrogens (tertiary/aromatic N) is 4. The first kappa shape index (κ1) is 28.8. The number of nitriles is 2. The van der Waals surface area contributed by atoms with Gasteiger partial charge in [-0.1, -0.05) is 12.1 Å². The summed E-state index contributed by atoms with van der Waals surface area (Å²) in [6, 6.07) is 24.9. The minimum atomic E-state index is -0.201. The van der Waals surface area contributed by atoms with Crippen LogP contribution in [0.1, 0.15) is 48.5 Å². The highest BCUT2D eigenvalue weighted by Gasteiger charge is 2.41. The number of methoxy groups -OCH3 is 2. The normalized spacial score (nSPS) is 18.4. The second-order valence-electron chi connectivity index (χ2n) is 10.6. The molecule has 0 spiro atoms. The average molecular weight is 566 g/mol. The van der Waals surface area contributed by atoms with Gasteiger partial charge in [0.15, 0.2) is 11.5 Å². The fourth-order valence-electron chi connectivity index (χ4n) is 5.93. The van der Waals surface area contributed by atoms with Crippen LogP contribution >= 0.6 is 0 Å². The summed E-state index contributed by atoms with van der Waals surface area (Å²) in [5, 5.41) is 21.2. The number of rotatable bonds is 10. The van der Waals surface area contributed by atoms with E-state index in [-0.39, 0.29) is 12.1 Å². The van der Waals surface area contributed by atoms with Gasteiger partial charge in [-0.05, 0) is 86.3 Å². The topological polar surface area (TPSA) is 111 Å². The number of carbonyl (C=O) groups excluding carboxylic acids is 1. The number of hydrogen-bond acceptors (Lipinski definition) is 7. The lowest BCUT2D eigenvalue weighted by molar-refractivity contribution is 0.0813. The fourth-order valence-corrected chi connectivity index (χ4v) is 5.93. The molecule has 2 amide bonds. The average Bonchev–Trinajstić information content (AvgIpc) is 3.26. The third-order valence-corrected chi connectivity index (χ3v) is 8.11. The number of ether oxygens (including phenoxy) is 3. The predicted molar refractivity (Wildman–Crippen MR) is 159 cm³/mol. The van der Waals surface area contributed by atoms with E-state index in [1.165, 1.54) is 0 Å². The lowest BCUT2D eigenvalue weighted by atomic mass is 10.0. The monoisotopic (exact) mass is 565 g/mol. The van der Waals surface area contributed by atoms with Crippen LogP contribution in [0.5, 0.6) is 17.2 Å². The Labute approximate surface area is 246 Å². The summed E-state index contributed by atoms with van der Waals surface area (Å²) in [5.41, 5.74) is 2.88. The first-order valence-electron chi connectivity index (χ1n) is 14.2. The molecule has 0 saturated carbocycles. The van der Waals surface area contributed by atoms with Crippen LogP contribution in [-0.4, -0.2) is 61.8 Å². The van der Waals surface area contributed by atoms with Crippen molar-refractivity contribution in [2.75, 3.05) is 39.2 Å². The predicted octanol–water partition coefficient (Wildman–Crippen LogP) is 5.73. The number of benzene rings is 3. The highest BCUT2D eigenvalue weighted by atomic mass is 16.5. The van der Waals surface area contributed by atoms with Gasteiger partial charge in [0.2, 0.25) is 0 Å². The molecule has 2 fully saturated rings. The maximum Gasteiger partial charge on any atom is 0.321 e. The molecule has 9 heteroatoms. The van der Waals surface area contributed by atoms with Crippen LogP contribution in [0.25, 0.3) is 0 Å². The Morgan fingerprint density at radius 1 is 0.905 bits per heavy atom. The first-order chi connectivity index (χ1) is 20.5. The third-order valence-electron chi connectivity index (χ3n) is 8.11. The SMILES string of the molecule is COc1ccc(OC(CCCN2C3CCC2CN(C(=O)Nc2ccc(C#N)cc2)C3)c2ccc(C#N)cc2)cc1OC. The van der Waals surface area contributed by atoms with Crippen LogP contribution in [0, 0.1) is 22.7 Å². The largest absolute Gasteiger partial charge is 0.493 e. The Hall–Kier alpha value is -4.73. The summed E-state index contributed by atoms with van der Waals surface area (Å²) < 4.78 is 17.3. The van der Waals surface area contributed by atoms with E-state index in [0.29, 0.717) is 59.2 Å². The number of carbonyl (C=O) groups is 1. The van der Waals surface area contributed by atoms with Crippen molar-refractivity contribution in [1.29, 1.82) is 10.5 Å². The zero-order valence-electron chi connectivity index (χ0n) is 24.0. The number of hydrogen-bond donors (Lipinski definition) is 1. The molecule has 2 heterocycles. The molecule has 2 saturated heterocycles. The molecule has 3 aromatic rings. The first-order valence-corrected chi connectivity index (χ1v) is 14.2. The lowest BCUT2D eigenvalue weighted by Crippen LogP contribution is -2.56. The van der Waals surface area contributed by atoms with E-state index >= 15 is 0 Å². The maximum absolute atomic E-state index is 13.0. The maximum atomic E-state index is 13.0. The fraction of sp³-hybridized carbons (Fsp3) is 0.364. The van der Waals surface area contributed by atoms with Gasteiger partial charge in [0.1, 0.15) is 11.9 Å². The molecule has 0 aromatic heterocycles. The van der Waals surface area contributed by atoms with Gasteiger partial charge in [-0.2, -0.15) is 10.5 Å². The molecule has 3 aromatic carbocycles. The second kappa shape index (κ2) is 13.3. The number of nitrogens with one attached hydrogen (secondary N) is 1. The molecule has 3 unspecified atom stereocenters. The van der Waals surface area contributed by atoms with Crippen molar-refractivity contribution in [2.24, 2.45) is 0 Å². The third kappa shape index (κ3) is 6.59. The Bertz CT molecular complexity index is 1450. The van der Waals surface area contributed by atoms with Crippen molar-refractivity contribution in [1.82, 2.24) is 9.80 Å². The van der Waals surface area contributed by atoms with Gasteiger partial charge in [0.05, 0.1) is 37.5 Å². The smallest absolute Gasteiger partial charge is 0.321 e. The molecule has 0 aliphatic carbocycles. The Kier molecular flexibility index (Phi) is 9.11. The number of urea groups is 1. The zero-order valence-corrected chi connectivity index (χ0v) is 24.0. The van der Waals surface area contributed by atoms with E-state index in [1.54, 1.807) is 38.5 Å². The Balaban J connectivity index is 1.20. The quantitative estimate of drug-likeness (QED) is 0.334. The van der Waals surface area contributed by atoms with E-state index in [4.69, 9.17) is 19.5 Å². The standard InChI is InChI=1S/C33H35N5O4/c1-40-31-16-15-29(18-32(31)41-2)42-30(25-9-5-23(19-34)6-10-25)4-3-17-38-27-13-14-28(38)22-37(21-27)33(39)36-26-11-7-24(20-35)8-12-26/h5-12,15-16,18,27-28,30H,3-4,13-14,17,21-22H2,1-2H3,(H,36,39). The number of anilines is 1. The molecule has 42 heavy (non-hydrogen) atoms. The second-order valence-corrected chi connectivity index (χ2v) is 10.6. The molecule has 2 bridgehead atoms. The van der Waals surface area contributed by atoms with Gasteiger partial charge in [0, 0.05) is 36.9 Å². The highest BCUT2D eigenvalue weighted by molar-refractivity contribution is 5.89. The molecule has 2 aliphatic heterocycles. The molecule has 0 radical (unpaired) electrons. The van der Waals surface area contributed by atoms with Crippen LogP contribution < -0.4 is 19.5 Å². The van der Waals surface area contributed by atoms with Gasteiger partial charge in [-0.3, -0.25) is 4.90 Å². The minimum absolute atomic E-state index is 0.0968. The van der Waals surface area contributed by atoms with E-state index in [0.717, 1.165) is 37.8 Å². The van der Waals surface area contributed by atoms with Crippen molar-refractivity contribution in [2.45, 2.75) is 43.9 Å². The Morgan fingerprint density at radius 2 is 1.52 bits per heavy atom. The number of fused-ring (bicyclic) bond motifs is 2. The summed E-state index contributed by atoms with van der Waals surface area (Å²) in [6.07, 6.45) is 3.66. The van der Waals surface area contributed by atoms with Gasteiger partial charge in [-0.25, -0.2) is 4.79 Å². The van der Waals surface area contributed by atoms with Gasteiger partial charge in [0.25, 0.3) is 0 Å². The van der Waals surface area contributed by atoms with Crippen LogP contribution in [0.4, 0.5) is 10.5 Å². The van der Waals surface area contributed by atoms with Gasteiger partial charge >= 0.3 is 6.03 Å². The molecule has 5 rings (SSSR count). The summed E-state index contributed by atoms with van der Waals surface area (Å²) in [5.74, 6) is 1.93. The molecule has 9 nitrogen and oxygen atoms in total. The zero-order chi connectivity index (χ0) is 29.5. The van der Waals surface area contributed by atoms with Crippen LogP contribution in [0.2, 0.25) is 0 Å². The van der Waals surface area contributed by atoms with E-state index < -0.39 is 0 Å². The number of likely N-dealkylation sites (tertiary alicyclic amines) is 1. The molecular formula is C33H35N5O4. The summed E-state index contributed by atoms with van der Waals surface area (Å²) in [6.45, 7) is 2.31. The van der Waals surface area contributed by atoms with E-state index in [1.807, 2.05) is 47.4 Å². The molecule has 1 N–H and O–H groups in total. The summed E-state index contributed by atoms with van der Waals surface area (Å²) in [4.78, 5) is 17.5. The van der Waals surface area contributed by atoms with Crippen molar-refractivity contribution in [3.05, 3.63) is 83.4 Å². The van der Waals surface area contributed by atoms with Gasteiger partial charge < -0.3 is 24.4 Å². The van der Waals surface area contributed by atoms with Crippen molar-refractivity contribution in [3.63, 3.8) is 0 Å². The highest BCUT2D eigenvalue weighted by Crippen LogP contribution is 2.35. The van der Waals surface area contributed by atoms with Crippen LogP contribution in [0.3, 0.4) is 0 Å². The summed E-state index contributed by atoms with van der Waals surface area (Å²) in [7, 11) is 3.21. The minimum Gasteiger partial charge on any atom is -0.493 e. The Morgan fingerprint density at radius 3 is 2.12 bits per heavy atom. The number of piperazine rings is 1. The van der Waals surface area contributed by atoms with Gasteiger partial charge in [-0.15, -0.1) is 0 Å².